The van der Waals surface area contributed by atoms with Gasteiger partial charge in [-0.25, -0.2) is 9.59 Å². The van der Waals surface area contributed by atoms with Crippen molar-refractivity contribution in [2.45, 2.75) is 45.6 Å². The van der Waals surface area contributed by atoms with Crippen LogP contribution >= 0.6 is 11.3 Å². The van der Waals surface area contributed by atoms with Crippen molar-refractivity contribution in [1.82, 2.24) is 9.55 Å². The summed E-state index contributed by atoms with van der Waals surface area (Å²) in [7, 11) is 0. The first-order valence-corrected chi connectivity index (χ1v) is 8.23. The number of hydrogen-bond donors (Lipinski definition) is 1. The van der Waals surface area contributed by atoms with Crippen molar-refractivity contribution >= 4 is 27.5 Å². The molecule has 0 bridgehead atoms. The van der Waals surface area contributed by atoms with Gasteiger partial charge in [0, 0.05) is 0 Å². The van der Waals surface area contributed by atoms with Gasteiger partial charge in [0.05, 0.1) is 17.5 Å². The molecule has 0 amide bonds. The molecular weight excluding hydrogens is 304 g/mol. The van der Waals surface area contributed by atoms with Crippen molar-refractivity contribution < 1.29 is 9.53 Å². The summed E-state index contributed by atoms with van der Waals surface area (Å²) in [5, 5.41) is 0.447. The fourth-order valence-electron chi connectivity index (χ4n) is 2.73. The first kappa shape index (κ1) is 15.0. The summed E-state index contributed by atoms with van der Waals surface area (Å²) < 4.78 is 6.35. The first-order valence-electron chi connectivity index (χ1n) is 7.41. The van der Waals surface area contributed by atoms with Crippen LogP contribution in [0, 0.1) is 0 Å². The number of carbonyl (C=O) groups excluding carboxylic acids is 1. The average Bonchev–Trinajstić information content (AvgIpc) is 3.07. The largest absolute Gasteiger partial charge is 0.462 e. The number of rotatable bonds is 4. The molecule has 0 spiro atoms. The highest BCUT2D eigenvalue weighted by molar-refractivity contribution is 7.20. The zero-order chi connectivity index (χ0) is 16.1. The molecule has 6 nitrogen and oxygen atoms in total. The van der Waals surface area contributed by atoms with Crippen LogP contribution in [0.1, 0.15) is 48.8 Å². The summed E-state index contributed by atoms with van der Waals surface area (Å²) in [6.07, 6.45) is 2.17. The Balaban J connectivity index is 2.32. The number of ether oxygens (including phenoxy) is 1. The van der Waals surface area contributed by atoms with Gasteiger partial charge < -0.3 is 4.74 Å². The van der Waals surface area contributed by atoms with Crippen LogP contribution < -0.4 is 11.2 Å². The van der Waals surface area contributed by atoms with Crippen molar-refractivity contribution in [1.29, 1.82) is 0 Å². The van der Waals surface area contributed by atoms with Gasteiger partial charge in [0.15, 0.2) is 0 Å². The summed E-state index contributed by atoms with van der Waals surface area (Å²) in [4.78, 5) is 40.7. The van der Waals surface area contributed by atoms with E-state index in [1.807, 2.05) is 13.8 Å². The fourth-order valence-corrected chi connectivity index (χ4v) is 3.90. The van der Waals surface area contributed by atoms with Crippen LogP contribution in [0.4, 0.5) is 0 Å². The standard InChI is InChI=1S/C15H18N2O4S/c1-4-8-9-11(22-10(8)13(19)21-5-2)16-14(20)17(12(9)18)15(3)6-7-15/h4-7H2,1-3H3,(H,16,20). The molecule has 1 aliphatic carbocycles. The Morgan fingerprint density at radius 1 is 1.36 bits per heavy atom. The second-order valence-corrected chi connectivity index (χ2v) is 6.78. The Bertz CT molecular complexity index is 870. The van der Waals surface area contributed by atoms with Gasteiger partial charge in [-0.15, -0.1) is 11.3 Å². The van der Waals surface area contributed by atoms with Gasteiger partial charge >= 0.3 is 11.7 Å². The summed E-state index contributed by atoms with van der Waals surface area (Å²) in [6.45, 7) is 5.80. The number of aromatic nitrogens is 2. The van der Waals surface area contributed by atoms with E-state index in [0.29, 0.717) is 27.1 Å². The van der Waals surface area contributed by atoms with Crippen molar-refractivity contribution in [3.05, 3.63) is 31.3 Å². The van der Waals surface area contributed by atoms with E-state index in [9.17, 15) is 14.4 Å². The number of carbonyl (C=O) groups is 1. The Morgan fingerprint density at radius 2 is 2.05 bits per heavy atom. The highest BCUT2D eigenvalue weighted by atomic mass is 32.1. The van der Waals surface area contributed by atoms with E-state index in [0.717, 1.165) is 24.2 Å². The number of aromatic amines is 1. The summed E-state index contributed by atoms with van der Waals surface area (Å²) in [6, 6.07) is 0. The van der Waals surface area contributed by atoms with Crippen LogP contribution in [-0.2, 0) is 16.7 Å². The van der Waals surface area contributed by atoms with Gasteiger partial charge in [0.25, 0.3) is 5.56 Å². The molecule has 1 fully saturated rings. The molecule has 1 aliphatic rings. The number of nitrogens with zero attached hydrogens (tertiary/aromatic N) is 1. The van der Waals surface area contributed by atoms with Crippen LogP contribution in [0.5, 0.6) is 0 Å². The molecular formula is C15H18N2O4S. The quantitative estimate of drug-likeness (QED) is 0.873. The highest BCUT2D eigenvalue weighted by Gasteiger charge is 2.42. The molecule has 0 unspecified atom stereocenters. The van der Waals surface area contributed by atoms with E-state index in [2.05, 4.69) is 4.98 Å². The lowest BCUT2D eigenvalue weighted by Gasteiger charge is -2.11. The van der Waals surface area contributed by atoms with E-state index >= 15 is 0 Å². The van der Waals surface area contributed by atoms with E-state index in [1.165, 1.54) is 4.57 Å². The number of fused-ring (bicyclic) bond motifs is 1. The van der Waals surface area contributed by atoms with Gasteiger partial charge in [-0.3, -0.25) is 14.3 Å². The first-order chi connectivity index (χ1) is 10.4. The summed E-state index contributed by atoms with van der Waals surface area (Å²) in [5.41, 5.74) is -0.437. The maximum atomic E-state index is 12.8. The molecule has 0 saturated heterocycles. The normalized spacial score (nSPS) is 16.0. The number of aryl methyl sites for hydroxylation is 1. The molecule has 7 heteroatoms. The maximum absolute atomic E-state index is 12.8. The molecule has 0 radical (unpaired) electrons. The van der Waals surface area contributed by atoms with Crippen molar-refractivity contribution in [3.8, 4) is 0 Å². The lowest BCUT2D eigenvalue weighted by Crippen LogP contribution is -2.40. The molecule has 2 aromatic heterocycles. The maximum Gasteiger partial charge on any atom is 0.348 e. The second kappa shape index (κ2) is 5.08. The molecule has 0 aliphatic heterocycles. The van der Waals surface area contributed by atoms with E-state index < -0.39 is 17.2 Å². The minimum Gasteiger partial charge on any atom is -0.462 e. The molecule has 118 valence electrons. The topological polar surface area (TPSA) is 81.2 Å². The Morgan fingerprint density at radius 3 is 2.59 bits per heavy atom. The second-order valence-electron chi connectivity index (χ2n) is 5.76. The predicted octanol–water partition coefficient (Wildman–Crippen LogP) is 2.00. The molecule has 22 heavy (non-hydrogen) atoms. The van der Waals surface area contributed by atoms with Crippen LogP contribution in [0.2, 0.25) is 0 Å². The minimum absolute atomic E-state index is 0.273. The zero-order valence-electron chi connectivity index (χ0n) is 12.8. The zero-order valence-corrected chi connectivity index (χ0v) is 13.6. The summed E-state index contributed by atoms with van der Waals surface area (Å²) >= 11 is 1.12. The van der Waals surface area contributed by atoms with E-state index in [-0.39, 0.29) is 12.2 Å². The number of thiophene rings is 1. The molecule has 1 saturated carbocycles. The van der Waals surface area contributed by atoms with Crippen molar-refractivity contribution in [2.75, 3.05) is 6.61 Å². The van der Waals surface area contributed by atoms with Crippen LogP contribution in [0.3, 0.4) is 0 Å². The fraction of sp³-hybridized carbons (Fsp3) is 0.533. The average molecular weight is 322 g/mol. The third kappa shape index (κ3) is 2.11. The Hall–Kier alpha value is -1.89. The van der Waals surface area contributed by atoms with E-state index in [1.54, 1.807) is 6.92 Å². The number of H-pyrrole nitrogens is 1. The number of hydrogen-bond acceptors (Lipinski definition) is 5. The molecule has 3 rings (SSSR count). The third-order valence-corrected chi connectivity index (χ3v) is 5.30. The Kier molecular flexibility index (Phi) is 3.47. The smallest absolute Gasteiger partial charge is 0.348 e. The highest BCUT2D eigenvalue weighted by Crippen LogP contribution is 2.41. The monoisotopic (exact) mass is 322 g/mol. The third-order valence-electron chi connectivity index (χ3n) is 4.18. The molecule has 1 N–H and O–H groups in total. The lowest BCUT2D eigenvalue weighted by atomic mass is 10.1. The molecule has 0 atom stereocenters. The predicted molar refractivity (Wildman–Crippen MR) is 84.9 cm³/mol. The number of nitrogens with one attached hydrogen (secondary N) is 1. The van der Waals surface area contributed by atoms with Gasteiger partial charge in [0.2, 0.25) is 0 Å². The lowest BCUT2D eigenvalue weighted by molar-refractivity contribution is 0.0531. The SMILES string of the molecule is CCOC(=O)c1sc2[nH]c(=O)n(C3(C)CC3)c(=O)c2c1CC. The molecule has 0 aromatic carbocycles. The number of esters is 1. The van der Waals surface area contributed by atoms with Crippen molar-refractivity contribution in [3.63, 3.8) is 0 Å². The Labute approximate surface area is 130 Å². The van der Waals surface area contributed by atoms with Gasteiger partial charge in [-0.2, -0.15) is 0 Å². The van der Waals surface area contributed by atoms with Crippen molar-refractivity contribution in [2.24, 2.45) is 0 Å². The van der Waals surface area contributed by atoms with Gasteiger partial charge in [0.1, 0.15) is 9.71 Å². The molecule has 2 heterocycles. The van der Waals surface area contributed by atoms with Gasteiger partial charge in [-0.1, -0.05) is 6.92 Å². The van der Waals surface area contributed by atoms with Crippen LogP contribution in [0.15, 0.2) is 9.59 Å². The van der Waals surface area contributed by atoms with E-state index in [4.69, 9.17) is 4.74 Å². The summed E-state index contributed by atoms with van der Waals surface area (Å²) in [5.74, 6) is -0.440. The minimum atomic E-state index is -0.440. The molecule has 2 aromatic rings. The van der Waals surface area contributed by atoms with Crippen LogP contribution in [-0.4, -0.2) is 22.1 Å². The van der Waals surface area contributed by atoms with Gasteiger partial charge in [-0.05, 0) is 38.7 Å². The van der Waals surface area contributed by atoms with Crippen LogP contribution in [0.25, 0.3) is 10.2 Å².